The maximum atomic E-state index is 12.7. The molecule has 6 nitrogen and oxygen atoms in total. The average Bonchev–Trinajstić information content (AvgIpc) is 3.49. The molecule has 2 aromatic rings. The van der Waals surface area contributed by atoms with E-state index in [2.05, 4.69) is 10.6 Å². The van der Waals surface area contributed by atoms with Crippen LogP contribution in [0.4, 0.5) is 5.69 Å². The quantitative estimate of drug-likeness (QED) is 0.713. The Morgan fingerprint density at radius 2 is 1.74 bits per heavy atom. The lowest BCUT2D eigenvalue weighted by molar-refractivity contribution is -0.134. The number of hydrogen-bond acceptors (Lipinski definition) is 4. The number of carbonyl (C=O) groups excluding carboxylic acids is 2. The molecule has 0 radical (unpaired) electrons. The maximum Gasteiger partial charge on any atom is 0.240 e. The van der Waals surface area contributed by atoms with E-state index in [-0.39, 0.29) is 11.8 Å². The van der Waals surface area contributed by atoms with Crippen molar-refractivity contribution in [3.63, 3.8) is 0 Å². The number of carbonyl (C=O) groups is 2. The molecule has 0 atom stereocenters. The largest absolute Gasteiger partial charge is 0.497 e. The van der Waals surface area contributed by atoms with Crippen LogP contribution in [0.3, 0.4) is 0 Å². The minimum Gasteiger partial charge on any atom is -0.497 e. The first kappa shape index (κ1) is 19.0. The summed E-state index contributed by atoms with van der Waals surface area (Å²) in [6.45, 7) is 0.344. The van der Waals surface area contributed by atoms with Gasteiger partial charge in [0.1, 0.15) is 16.9 Å². The number of nitrogens with one attached hydrogen (secondary N) is 2. The molecule has 0 aromatic heterocycles. The summed E-state index contributed by atoms with van der Waals surface area (Å²) in [7, 11) is 3.06. The average molecular weight is 389 g/mol. The highest BCUT2D eigenvalue weighted by molar-refractivity contribution is 6.30. The predicted molar refractivity (Wildman–Crippen MR) is 103 cm³/mol. The van der Waals surface area contributed by atoms with Crippen molar-refractivity contribution in [1.82, 2.24) is 5.32 Å². The van der Waals surface area contributed by atoms with Crippen LogP contribution in [-0.4, -0.2) is 26.0 Å². The van der Waals surface area contributed by atoms with Crippen molar-refractivity contribution in [2.75, 3.05) is 19.5 Å². The van der Waals surface area contributed by atoms with Crippen LogP contribution in [0.2, 0.25) is 5.02 Å². The number of ether oxygens (including phenoxy) is 2. The first-order valence-corrected chi connectivity index (χ1v) is 8.92. The molecule has 1 fully saturated rings. The van der Waals surface area contributed by atoms with Crippen LogP contribution < -0.4 is 20.1 Å². The summed E-state index contributed by atoms with van der Waals surface area (Å²) < 4.78 is 10.4. The van der Waals surface area contributed by atoms with E-state index in [1.165, 1.54) is 7.11 Å². The smallest absolute Gasteiger partial charge is 0.240 e. The van der Waals surface area contributed by atoms with Crippen LogP contribution in [0.15, 0.2) is 42.5 Å². The van der Waals surface area contributed by atoms with Crippen molar-refractivity contribution in [1.29, 1.82) is 0 Å². The zero-order valence-corrected chi connectivity index (χ0v) is 15.9. The highest BCUT2D eigenvalue weighted by Crippen LogP contribution is 2.47. The minimum absolute atomic E-state index is 0.276. The van der Waals surface area contributed by atoms with Gasteiger partial charge in [0.2, 0.25) is 11.8 Å². The third-order valence-corrected chi connectivity index (χ3v) is 4.89. The summed E-state index contributed by atoms with van der Waals surface area (Å²) in [6.07, 6.45) is 1.04. The van der Waals surface area contributed by atoms with Gasteiger partial charge in [-0.15, -0.1) is 0 Å². The van der Waals surface area contributed by atoms with E-state index < -0.39 is 5.41 Å². The lowest BCUT2D eigenvalue weighted by Gasteiger charge is -2.17. The normalized spacial score (nSPS) is 14.2. The van der Waals surface area contributed by atoms with Gasteiger partial charge in [-0.05, 0) is 42.7 Å². The van der Waals surface area contributed by atoms with Gasteiger partial charge >= 0.3 is 0 Å². The number of methoxy groups -OCH3 is 2. The van der Waals surface area contributed by atoms with E-state index in [9.17, 15) is 9.59 Å². The first-order valence-electron chi connectivity index (χ1n) is 8.55. The Hall–Kier alpha value is -2.73. The number of amides is 2. The van der Waals surface area contributed by atoms with Crippen LogP contribution in [0, 0.1) is 5.41 Å². The molecule has 0 spiro atoms. The number of benzene rings is 2. The van der Waals surface area contributed by atoms with E-state index >= 15 is 0 Å². The third kappa shape index (κ3) is 4.17. The van der Waals surface area contributed by atoms with Crippen molar-refractivity contribution in [2.24, 2.45) is 5.41 Å². The summed E-state index contributed by atoms with van der Waals surface area (Å²) in [6, 6.07) is 12.3. The standard InChI is InChI=1S/C20H21ClN2O4/c1-26-15-7-8-16(17(11-15)27-2)23-19(25)20(9-10-20)18(24)22-12-13-3-5-14(21)6-4-13/h3-8,11H,9-10,12H2,1-2H3,(H,22,24)(H,23,25). The molecule has 0 heterocycles. The molecule has 2 aromatic carbocycles. The van der Waals surface area contributed by atoms with Crippen LogP contribution in [0.25, 0.3) is 0 Å². The van der Waals surface area contributed by atoms with Gasteiger partial charge in [0.15, 0.2) is 0 Å². The second-order valence-corrected chi connectivity index (χ2v) is 6.85. The Labute approximate surface area is 162 Å². The molecule has 7 heteroatoms. The molecular formula is C20H21ClN2O4. The molecule has 0 saturated heterocycles. The van der Waals surface area contributed by atoms with Crippen LogP contribution >= 0.6 is 11.6 Å². The molecule has 0 unspecified atom stereocenters. The summed E-state index contributed by atoms with van der Waals surface area (Å²) in [5.41, 5.74) is 0.387. The lowest BCUT2D eigenvalue weighted by atomic mass is 10.0. The molecule has 3 rings (SSSR count). The first-order chi connectivity index (χ1) is 13.0. The molecule has 1 aliphatic carbocycles. The number of hydrogen-bond donors (Lipinski definition) is 2. The van der Waals surface area contributed by atoms with Gasteiger partial charge in [0, 0.05) is 17.6 Å². The van der Waals surface area contributed by atoms with E-state index in [4.69, 9.17) is 21.1 Å². The minimum atomic E-state index is -1.03. The Morgan fingerprint density at radius 3 is 2.33 bits per heavy atom. The van der Waals surface area contributed by atoms with E-state index in [1.54, 1.807) is 37.4 Å². The van der Waals surface area contributed by atoms with Crippen molar-refractivity contribution in [2.45, 2.75) is 19.4 Å². The second-order valence-electron chi connectivity index (χ2n) is 6.41. The number of rotatable bonds is 7. The molecular weight excluding hydrogens is 368 g/mol. The highest BCUT2D eigenvalue weighted by Gasteiger charge is 2.56. The summed E-state index contributed by atoms with van der Waals surface area (Å²) >= 11 is 5.86. The lowest BCUT2D eigenvalue weighted by Crippen LogP contribution is -2.39. The van der Waals surface area contributed by atoms with Gasteiger partial charge in [0.05, 0.1) is 19.9 Å². The Bertz CT molecular complexity index is 848. The summed E-state index contributed by atoms with van der Waals surface area (Å²) in [5.74, 6) is 0.480. The topological polar surface area (TPSA) is 76.7 Å². The Morgan fingerprint density at radius 1 is 1.04 bits per heavy atom. The molecule has 2 N–H and O–H groups in total. The van der Waals surface area contributed by atoms with E-state index in [0.717, 1.165) is 5.56 Å². The van der Waals surface area contributed by atoms with E-state index in [1.807, 2.05) is 12.1 Å². The zero-order valence-electron chi connectivity index (χ0n) is 15.2. The second kappa shape index (κ2) is 7.88. The van der Waals surface area contributed by atoms with Gasteiger partial charge in [0.25, 0.3) is 0 Å². The van der Waals surface area contributed by atoms with Gasteiger partial charge in [-0.1, -0.05) is 23.7 Å². The van der Waals surface area contributed by atoms with Crippen molar-refractivity contribution in [3.05, 3.63) is 53.1 Å². The maximum absolute atomic E-state index is 12.7. The zero-order chi connectivity index (χ0) is 19.4. The molecule has 1 aliphatic rings. The van der Waals surface area contributed by atoms with Gasteiger partial charge < -0.3 is 20.1 Å². The van der Waals surface area contributed by atoms with E-state index in [0.29, 0.717) is 41.6 Å². The monoisotopic (exact) mass is 388 g/mol. The fourth-order valence-electron chi connectivity index (χ4n) is 2.78. The van der Waals surface area contributed by atoms with Crippen molar-refractivity contribution < 1.29 is 19.1 Å². The molecule has 2 amide bonds. The van der Waals surface area contributed by atoms with Crippen LogP contribution in [0.5, 0.6) is 11.5 Å². The van der Waals surface area contributed by atoms with Gasteiger partial charge in [-0.25, -0.2) is 0 Å². The summed E-state index contributed by atoms with van der Waals surface area (Å²) in [5, 5.41) is 6.28. The third-order valence-electron chi connectivity index (χ3n) is 4.64. The fraction of sp³-hybridized carbons (Fsp3) is 0.300. The SMILES string of the molecule is COc1ccc(NC(=O)C2(C(=O)NCc3ccc(Cl)cc3)CC2)c(OC)c1. The molecule has 27 heavy (non-hydrogen) atoms. The highest BCUT2D eigenvalue weighted by atomic mass is 35.5. The Kier molecular flexibility index (Phi) is 5.56. The molecule has 0 bridgehead atoms. The predicted octanol–water partition coefficient (Wildman–Crippen LogP) is 3.39. The molecule has 0 aliphatic heterocycles. The van der Waals surface area contributed by atoms with Crippen molar-refractivity contribution in [3.8, 4) is 11.5 Å². The Balaban J connectivity index is 1.65. The summed E-state index contributed by atoms with van der Waals surface area (Å²) in [4.78, 5) is 25.3. The molecule has 142 valence electrons. The van der Waals surface area contributed by atoms with Crippen molar-refractivity contribution >= 4 is 29.1 Å². The van der Waals surface area contributed by atoms with Crippen LogP contribution in [-0.2, 0) is 16.1 Å². The number of halogens is 1. The van der Waals surface area contributed by atoms with Gasteiger partial charge in [-0.2, -0.15) is 0 Å². The molecule has 1 saturated carbocycles. The number of anilines is 1. The van der Waals surface area contributed by atoms with Crippen LogP contribution in [0.1, 0.15) is 18.4 Å². The van der Waals surface area contributed by atoms with Gasteiger partial charge in [-0.3, -0.25) is 9.59 Å². The fourth-order valence-corrected chi connectivity index (χ4v) is 2.91.